The first kappa shape index (κ1) is 20.9. The Labute approximate surface area is 184 Å². The Kier molecular flexibility index (Phi) is 6.18. The van der Waals surface area contributed by atoms with E-state index in [0.717, 1.165) is 24.8 Å². The molecule has 1 N–H and O–H groups in total. The fraction of sp³-hybridized carbons (Fsp3) is 0.261. The Morgan fingerprint density at radius 1 is 1.06 bits per heavy atom. The van der Waals surface area contributed by atoms with Gasteiger partial charge in [-0.2, -0.15) is 0 Å². The molecule has 1 aliphatic carbocycles. The molecule has 1 aromatic heterocycles. The van der Waals surface area contributed by atoms with Gasteiger partial charge in [-0.15, -0.1) is 11.3 Å². The summed E-state index contributed by atoms with van der Waals surface area (Å²) in [5.74, 6) is 0.360. The molecular weight excluding hydrogens is 416 g/mol. The van der Waals surface area contributed by atoms with Crippen LogP contribution < -0.4 is 14.8 Å². The zero-order valence-corrected chi connectivity index (χ0v) is 18.1. The molecule has 0 unspecified atom stereocenters. The lowest BCUT2D eigenvalue weighted by Gasteiger charge is -2.08. The minimum absolute atomic E-state index is 0.382. The summed E-state index contributed by atoms with van der Waals surface area (Å²) in [6, 6.07) is 11.0. The van der Waals surface area contributed by atoms with E-state index in [1.165, 1.54) is 22.5 Å². The molecule has 0 saturated carbocycles. The number of nitrogens with zero attached hydrogens (tertiary/aromatic N) is 1. The Morgan fingerprint density at radius 2 is 1.90 bits per heavy atom. The number of carbonyl (C=O) groups is 2. The van der Waals surface area contributed by atoms with Gasteiger partial charge < -0.3 is 14.2 Å². The number of fused-ring (bicyclic) bond motifs is 1. The number of amides is 1. The van der Waals surface area contributed by atoms with Gasteiger partial charge in [-0.1, -0.05) is 6.07 Å². The molecule has 0 fully saturated rings. The molecule has 0 aliphatic heterocycles. The van der Waals surface area contributed by atoms with Crippen LogP contribution in [0.2, 0.25) is 0 Å². The predicted octanol–water partition coefficient (Wildman–Crippen LogP) is 4.11. The highest BCUT2D eigenvalue weighted by Gasteiger charge is 2.17. The summed E-state index contributed by atoms with van der Waals surface area (Å²) in [7, 11) is 3.16. The van der Waals surface area contributed by atoms with Crippen LogP contribution in [0.5, 0.6) is 11.5 Å². The van der Waals surface area contributed by atoms with Crippen molar-refractivity contribution < 1.29 is 23.8 Å². The van der Waals surface area contributed by atoms with E-state index < -0.39 is 11.9 Å². The molecule has 0 atom stereocenters. The minimum atomic E-state index is -0.509. The van der Waals surface area contributed by atoms with E-state index in [2.05, 4.69) is 10.3 Å². The SMILES string of the molecule is COc1ccc(OC)c(-c2csc(NC(=O)COC(=O)c3ccc4c(c3)CCC4)n2)c1. The second-order valence-corrected chi connectivity index (χ2v) is 7.92. The maximum absolute atomic E-state index is 12.3. The smallest absolute Gasteiger partial charge is 0.338 e. The fourth-order valence-electron chi connectivity index (χ4n) is 3.54. The molecule has 3 aromatic rings. The lowest BCUT2D eigenvalue weighted by atomic mass is 10.1. The monoisotopic (exact) mass is 438 g/mol. The van der Waals surface area contributed by atoms with Crippen LogP contribution in [0.4, 0.5) is 5.13 Å². The molecule has 0 radical (unpaired) electrons. The van der Waals surface area contributed by atoms with Gasteiger partial charge in [-0.3, -0.25) is 10.1 Å². The molecule has 1 aliphatic rings. The van der Waals surface area contributed by atoms with Crippen molar-refractivity contribution in [2.24, 2.45) is 0 Å². The summed E-state index contributed by atoms with van der Waals surface area (Å²) < 4.78 is 15.8. The number of thiazole rings is 1. The number of nitrogens with one attached hydrogen (secondary N) is 1. The van der Waals surface area contributed by atoms with Crippen LogP contribution in [0.3, 0.4) is 0 Å². The molecule has 31 heavy (non-hydrogen) atoms. The summed E-state index contributed by atoms with van der Waals surface area (Å²) in [5, 5.41) is 4.88. The third kappa shape index (κ3) is 4.69. The van der Waals surface area contributed by atoms with Gasteiger partial charge >= 0.3 is 5.97 Å². The van der Waals surface area contributed by atoms with E-state index in [1.54, 1.807) is 32.4 Å². The zero-order chi connectivity index (χ0) is 21.8. The van der Waals surface area contributed by atoms with E-state index in [1.807, 2.05) is 23.6 Å². The van der Waals surface area contributed by atoms with Crippen LogP contribution in [-0.4, -0.2) is 37.7 Å². The van der Waals surface area contributed by atoms with Crippen LogP contribution in [0.15, 0.2) is 41.8 Å². The molecule has 7 nitrogen and oxygen atoms in total. The number of esters is 1. The number of aromatic nitrogens is 1. The number of hydrogen-bond acceptors (Lipinski definition) is 7. The summed E-state index contributed by atoms with van der Waals surface area (Å²) >= 11 is 1.27. The van der Waals surface area contributed by atoms with Crippen LogP contribution in [0.25, 0.3) is 11.3 Å². The largest absolute Gasteiger partial charge is 0.497 e. The van der Waals surface area contributed by atoms with Gasteiger partial charge in [0.05, 0.1) is 25.5 Å². The molecule has 0 saturated heterocycles. The molecule has 0 bridgehead atoms. The lowest BCUT2D eigenvalue weighted by Crippen LogP contribution is -2.21. The standard InChI is InChI=1S/C23H22N2O5S/c1-28-17-8-9-20(29-2)18(11-17)19-13-31-23(24-19)25-21(26)12-30-22(27)16-7-6-14-4-3-5-15(14)10-16/h6-11,13H,3-5,12H2,1-2H3,(H,24,25,26). The van der Waals surface area contributed by atoms with Crippen molar-refractivity contribution in [1.29, 1.82) is 0 Å². The van der Waals surface area contributed by atoms with Crippen LogP contribution in [0, 0.1) is 0 Å². The van der Waals surface area contributed by atoms with E-state index in [0.29, 0.717) is 27.9 Å². The van der Waals surface area contributed by atoms with Crippen LogP contribution in [0.1, 0.15) is 27.9 Å². The second kappa shape index (κ2) is 9.18. The highest BCUT2D eigenvalue weighted by atomic mass is 32.1. The molecule has 8 heteroatoms. The van der Waals surface area contributed by atoms with Crippen molar-refractivity contribution in [2.45, 2.75) is 19.3 Å². The zero-order valence-electron chi connectivity index (χ0n) is 17.3. The molecular formula is C23H22N2O5S. The summed E-state index contributed by atoms with van der Waals surface area (Å²) in [4.78, 5) is 29.0. The number of methoxy groups -OCH3 is 2. The maximum atomic E-state index is 12.3. The van der Waals surface area contributed by atoms with Crippen molar-refractivity contribution in [1.82, 2.24) is 4.98 Å². The lowest BCUT2D eigenvalue weighted by molar-refractivity contribution is -0.119. The Hall–Kier alpha value is -3.39. The fourth-order valence-corrected chi connectivity index (χ4v) is 4.26. The molecule has 2 aromatic carbocycles. The molecule has 0 spiro atoms. The number of benzene rings is 2. The van der Waals surface area contributed by atoms with E-state index in [-0.39, 0.29) is 6.61 Å². The van der Waals surface area contributed by atoms with Gasteiger partial charge in [0.15, 0.2) is 11.7 Å². The predicted molar refractivity (Wildman–Crippen MR) is 118 cm³/mol. The normalized spacial score (nSPS) is 12.2. The average molecular weight is 439 g/mol. The van der Waals surface area contributed by atoms with Gasteiger partial charge in [0.25, 0.3) is 5.91 Å². The van der Waals surface area contributed by atoms with Gasteiger partial charge in [0, 0.05) is 10.9 Å². The summed E-state index contributed by atoms with van der Waals surface area (Å²) in [6.45, 7) is -0.382. The van der Waals surface area contributed by atoms with Crippen molar-refractivity contribution in [3.63, 3.8) is 0 Å². The highest BCUT2D eigenvalue weighted by Crippen LogP contribution is 2.35. The second-order valence-electron chi connectivity index (χ2n) is 7.07. The Balaban J connectivity index is 1.37. The van der Waals surface area contributed by atoms with Crippen molar-refractivity contribution >= 4 is 28.3 Å². The third-order valence-corrected chi connectivity index (χ3v) is 5.86. The van der Waals surface area contributed by atoms with Crippen molar-refractivity contribution in [3.8, 4) is 22.8 Å². The summed E-state index contributed by atoms with van der Waals surface area (Å²) in [6.07, 6.45) is 3.12. The van der Waals surface area contributed by atoms with Crippen molar-refractivity contribution in [3.05, 3.63) is 58.5 Å². The first-order valence-electron chi connectivity index (χ1n) is 9.84. The molecule has 1 amide bonds. The topological polar surface area (TPSA) is 86.8 Å². The molecule has 4 rings (SSSR count). The minimum Gasteiger partial charge on any atom is -0.497 e. The van der Waals surface area contributed by atoms with E-state index in [9.17, 15) is 9.59 Å². The Bertz CT molecular complexity index is 1120. The van der Waals surface area contributed by atoms with Gasteiger partial charge in [0.1, 0.15) is 11.5 Å². The molecule has 1 heterocycles. The molecule has 160 valence electrons. The summed E-state index contributed by atoms with van der Waals surface area (Å²) in [5.41, 5.74) is 4.33. The number of anilines is 1. The van der Waals surface area contributed by atoms with E-state index in [4.69, 9.17) is 14.2 Å². The van der Waals surface area contributed by atoms with Crippen molar-refractivity contribution in [2.75, 3.05) is 26.1 Å². The van der Waals surface area contributed by atoms with Gasteiger partial charge in [0.2, 0.25) is 0 Å². The first-order valence-corrected chi connectivity index (χ1v) is 10.7. The highest BCUT2D eigenvalue weighted by molar-refractivity contribution is 7.14. The first-order chi connectivity index (χ1) is 15.1. The van der Waals surface area contributed by atoms with Gasteiger partial charge in [-0.05, 0) is 60.7 Å². The number of hydrogen-bond donors (Lipinski definition) is 1. The number of carbonyl (C=O) groups excluding carboxylic acids is 2. The number of rotatable bonds is 7. The van der Waals surface area contributed by atoms with Crippen LogP contribution in [-0.2, 0) is 22.4 Å². The van der Waals surface area contributed by atoms with Gasteiger partial charge in [-0.25, -0.2) is 9.78 Å². The quantitative estimate of drug-likeness (QED) is 0.559. The van der Waals surface area contributed by atoms with Crippen LogP contribution >= 0.6 is 11.3 Å². The van der Waals surface area contributed by atoms with E-state index >= 15 is 0 Å². The number of aryl methyl sites for hydroxylation is 2. The number of ether oxygens (including phenoxy) is 3. The Morgan fingerprint density at radius 3 is 2.71 bits per heavy atom. The average Bonchev–Trinajstić information content (AvgIpc) is 3.45. The maximum Gasteiger partial charge on any atom is 0.338 e. The third-order valence-electron chi connectivity index (χ3n) is 5.10.